The molecule has 84 valence electrons. The fourth-order valence-electron chi connectivity index (χ4n) is 1.54. The Labute approximate surface area is 101 Å². The second-order valence-electron chi connectivity index (χ2n) is 3.80. The van der Waals surface area contributed by atoms with Gasteiger partial charge in [-0.2, -0.15) is 9.19 Å². The summed E-state index contributed by atoms with van der Waals surface area (Å²) in [7, 11) is -3.29. The average Bonchev–Trinajstić information content (AvgIpc) is 2.99. The molecule has 0 aromatic carbocycles. The highest BCUT2D eigenvalue weighted by molar-refractivity contribution is 9.10. The molecule has 0 N–H and O–H groups in total. The van der Waals surface area contributed by atoms with Gasteiger partial charge in [-0.3, -0.25) is 4.98 Å². The highest BCUT2D eigenvalue weighted by Crippen LogP contribution is 2.31. The number of pyridine rings is 1. The second-order valence-corrected chi connectivity index (χ2v) is 6.73. The lowest BCUT2D eigenvalue weighted by atomic mass is 10.3. The van der Waals surface area contributed by atoms with Crippen LogP contribution in [0.1, 0.15) is 12.8 Å². The van der Waals surface area contributed by atoms with E-state index in [9.17, 15) is 8.42 Å². The third-order valence-corrected chi connectivity index (χ3v) is 5.22. The van der Waals surface area contributed by atoms with Gasteiger partial charge in [-0.05, 0) is 28.8 Å². The molecule has 1 saturated carbocycles. The Morgan fingerprint density at radius 2 is 2.12 bits per heavy atom. The molecule has 5 nitrogen and oxygen atoms in total. The zero-order valence-corrected chi connectivity index (χ0v) is 10.6. The topological polar surface area (TPSA) is 64.8 Å². The van der Waals surface area contributed by atoms with Gasteiger partial charge in [0.1, 0.15) is 5.52 Å². The molecular formula is C9H8BrN3O2S. The van der Waals surface area contributed by atoms with Crippen molar-refractivity contribution in [3.63, 3.8) is 0 Å². The molecule has 0 atom stereocenters. The Bertz CT molecular complexity index is 660. The number of hydrogen-bond donors (Lipinski definition) is 0. The van der Waals surface area contributed by atoms with E-state index in [4.69, 9.17) is 0 Å². The van der Waals surface area contributed by atoms with Crippen molar-refractivity contribution < 1.29 is 8.42 Å². The summed E-state index contributed by atoms with van der Waals surface area (Å²) in [6.07, 6.45) is 6.18. The monoisotopic (exact) mass is 301 g/mol. The minimum atomic E-state index is -3.29. The maximum absolute atomic E-state index is 11.9. The van der Waals surface area contributed by atoms with Gasteiger partial charge in [-0.25, -0.2) is 8.42 Å². The highest BCUT2D eigenvalue weighted by Gasteiger charge is 2.37. The lowest BCUT2D eigenvalue weighted by Crippen LogP contribution is -2.17. The fourth-order valence-corrected chi connectivity index (χ4v) is 3.45. The maximum atomic E-state index is 11.9. The van der Waals surface area contributed by atoms with Gasteiger partial charge in [0.2, 0.25) is 0 Å². The first-order chi connectivity index (χ1) is 7.59. The van der Waals surface area contributed by atoms with Crippen LogP contribution in [0, 0.1) is 0 Å². The molecule has 0 aliphatic heterocycles. The van der Waals surface area contributed by atoms with Crippen molar-refractivity contribution in [3.05, 3.63) is 23.1 Å². The summed E-state index contributed by atoms with van der Waals surface area (Å²) in [5.74, 6) is 0. The van der Waals surface area contributed by atoms with Crippen molar-refractivity contribution in [3.8, 4) is 0 Å². The van der Waals surface area contributed by atoms with Crippen LogP contribution in [-0.2, 0) is 10.0 Å². The quantitative estimate of drug-likeness (QED) is 0.844. The molecule has 16 heavy (non-hydrogen) atoms. The smallest absolute Gasteiger partial charge is 0.256 e. The van der Waals surface area contributed by atoms with Crippen LogP contribution in [0.15, 0.2) is 23.1 Å². The number of hydrogen-bond acceptors (Lipinski definition) is 4. The summed E-state index contributed by atoms with van der Waals surface area (Å²) < 4.78 is 25.7. The van der Waals surface area contributed by atoms with Crippen molar-refractivity contribution in [1.82, 2.24) is 14.2 Å². The highest BCUT2D eigenvalue weighted by atomic mass is 79.9. The normalized spacial score (nSPS) is 16.8. The van der Waals surface area contributed by atoms with Crippen LogP contribution in [0.25, 0.3) is 10.9 Å². The van der Waals surface area contributed by atoms with Crippen LogP contribution >= 0.6 is 15.9 Å². The second kappa shape index (κ2) is 3.27. The first-order valence-electron chi connectivity index (χ1n) is 4.82. The van der Waals surface area contributed by atoms with E-state index in [1.165, 1.54) is 6.20 Å². The van der Waals surface area contributed by atoms with Gasteiger partial charge in [0, 0.05) is 16.1 Å². The van der Waals surface area contributed by atoms with E-state index in [0.29, 0.717) is 5.52 Å². The Hall–Kier alpha value is -0.950. The molecule has 2 aromatic rings. The zero-order chi connectivity index (χ0) is 11.3. The Morgan fingerprint density at radius 1 is 1.38 bits per heavy atom. The number of fused-ring (bicyclic) bond motifs is 1. The van der Waals surface area contributed by atoms with Gasteiger partial charge in [0.05, 0.1) is 17.6 Å². The van der Waals surface area contributed by atoms with Gasteiger partial charge >= 0.3 is 0 Å². The Balaban J connectivity index is 2.23. The summed E-state index contributed by atoms with van der Waals surface area (Å²) in [6, 6.07) is 0. The predicted octanol–water partition coefficient (Wildman–Crippen LogP) is 1.53. The molecule has 1 aliphatic carbocycles. The van der Waals surface area contributed by atoms with Crippen molar-refractivity contribution in [2.75, 3.05) is 0 Å². The van der Waals surface area contributed by atoms with Gasteiger partial charge in [-0.1, -0.05) is 0 Å². The third-order valence-electron chi connectivity index (χ3n) is 2.57. The van der Waals surface area contributed by atoms with Crippen LogP contribution in [0.5, 0.6) is 0 Å². The van der Waals surface area contributed by atoms with E-state index in [0.717, 1.165) is 26.8 Å². The van der Waals surface area contributed by atoms with E-state index in [2.05, 4.69) is 26.0 Å². The molecule has 1 fully saturated rings. The molecule has 2 heterocycles. The number of halogens is 1. The summed E-state index contributed by atoms with van der Waals surface area (Å²) in [5.41, 5.74) is 0.582. The fraction of sp³-hybridized carbons (Fsp3) is 0.333. The SMILES string of the molecule is O=S(=O)(C1CC1)n1cc2c(Br)cncc2n1. The average molecular weight is 302 g/mol. The molecule has 1 aliphatic rings. The van der Waals surface area contributed by atoms with Gasteiger partial charge in [0.25, 0.3) is 10.0 Å². The summed E-state index contributed by atoms with van der Waals surface area (Å²) in [4.78, 5) is 3.95. The number of rotatable bonds is 2. The van der Waals surface area contributed by atoms with Crippen LogP contribution in [0.3, 0.4) is 0 Å². The molecule has 0 saturated heterocycles. The molecule has 0 unspecified atom stereocenters. The van der Waals surface area contributed by atoms with Crippen LogP contribution in [0.4, 0.5) is 0 Å². The lowest BCUT2D eigenvalue weighted by molar-refractivity contribution is 0.579. The van der Waals surface area contributed by atoms with Crippen molar-refractivity contribution in [1.29, 1.82) is 0 Å². The van der Waals surface area contributed by atoms with E-state index in [1.54, 1.807) is 12.4 Å². The van der Waals surface area contributed by atoms with E-state index >= 15 is 0 Å². The molecule has 0 amide bonds. The summed E-state index contributed by atoms with van der Waals surface area (Å²) >= 11 is 3.32. The van der Waals surface area contributed by atoms with Crippen LogP contribution in [0.2, 0.25) is 0 Å². The van der Waals surface area contributed by atoms with Crippen molar-refractivity contribution >= 4 is 36.9 Å². The molecule has 0 radical (unpaired) electrons. The number of aromatic nitrogens is 3. The van der Waals surface area contributed by atoms with Gasteiger partial charge in [0.15, 0.2) is 0 Å². The van der Waals surface area contributed by atoms with Crippen molar-refractivity contribution in [2.24, 2.45) is 0 Å². The summed E-state index contributed by atoms with van der Waals surface area (Å²) in [5, 5.41) is 4.55. The first kappa shape index (κ1) is 10.2. The van der Waals surface area contributed by atoms with E-state index in [-0.39, 0.29) is 5.25 Å². The zero-order valence-electron chi connectivity index (χ0n) is 8.17. The summed E-state index contributed by atoms with van der Waals surface area (Å²) in [6.45, 7) is 0. The van der Waals surface area contributed by atoms with Crippen LogP contribution in [-0.4, -0.2) is 27.8 Å². The first-order valence-corrected chi connectivity index (χ1v) is 7.12. The van der Waals surface area contributed by atoms with Crippen molar-refractivity contribution in [2.45, 2.75) is 18.1 Å². The largest absolute Gasteiger partial charge is 0.261 e. The van der Waals surface area contributed by atoms with E-state index < -0.39 is 10.0 Å². The minimum absolute atomic E-state index is 0.256. The molecule has 3 rings (SSSR count). The van der Waals surface area contributed by atoms with Gasteiger partial charge < -0.3 is 0 Å². The maximum Gasteiger partial charge on any atom is 0.256 e. The molecule has 0 spiro atoms. The minimum Gasteiger partial charge on any atom is -0.261 e. The Kier molecular flexibility index (Phi) is 2.09. The van der Waals surface area contributed by atoms with Gasteiger partial charge in [-0.15, -0.1) is 0 Å². The molecule has 7 heteroatoms. The third kappa shape index (κ3) is 1.46. The molecule has 0 bridgehead atoms. The lowest BCUT2D eigenvalue weighted by Gasteiger charge is -1.99. The standard InChI is InChI=1S/C9H8BrN3O2S/c10-8-3-11-4-9-7(8)5-13(12-9)16(14,15)6-1-2-6/h3-6H,1-2H2. The molecule has 2 aromatic heterocycles. The predicted molar refractivity (Wildman–Crippen MR) is 62.6 cm³/mol. The number of nitrogens with zero attached hydrogens (tertiary/aromatic N) is 3. The molecular weight excluding hydrogens is 294 g/mol. The van der Waals surface area contributed by atoms with Crippen LogP contribution < -0.4 is 0 Å². The Morgan fingerprint density at radius 3 is 2.75 bits per heavy atom. The van der Waals surface area contributed by atoms with E-state index in [1.807, 2.05) is 0 Å².